The van der Waals surface area contributed by atoms with Crippen LogP contribution in [0.4, 0.5) is 11.8 Å². The lowest BCUT2D eigenvalue weighted by Crippen LogP contribution is -2.25. The Bertz CT molecular complexity index is 700. The smallest absolute Gasteiger partial charge is 0.228 e. The lowest BCUT2D eigenvalue weighted by Gasteiger charge is -2.20. The summed E-state index contributed by atoms with van der Waals surface area (Å²) in [6.07, 6.45) is 3.56. The number of benzene rings is 1. The fourth-order valence-corrected chi connectivity index (χ4v) is 2.16. The Labute approximate surface area is 154 Å². The van der Waals surface area contributed by atoms with Gasteiger partial charge in [-0.25, -0.2) is 4.98 Å². The SMILES string of the molecule is C=CCN(CC=C)c1nc(N)c2cc(OC)c(OC)cc2n1.Cl.Cl. The van der Waals surface area contributed by atoms with E-state index in [1.807, 2.05) is 4.90 Å². The van der Waals surface area contributed by atoms with E-state index in [2.05, 4.69) is 23.1 Å². The molecule has 24 heavy (non-hydrogen) atoms. The molecule has 1 aromatic carbocycles. The molecule has 0 bridgehead atoms. The van der Waals surface area contributed by atoms with Crippen LogP contribution in [-0.2, 0) is 0 Å². The molecule has 1 aromatic heterocycles. The summed E-state index contributed by atoms with van der Waals surface area (Å²) in [5, 5.41) is 0.721. The number of nitrogens with two attached hydrogens (primary N) is 1. The summed E-state index contributed by atoms with van der Waals surface area (Å²) in [6, 6.07) is 3.56. The molecule has 0 atom stereocenters. The van der Waals surface area contributed by atoms with Crippen LogP contribution >= 0.6 is 24.8 Å². The summed E-state index contributed by atoms with van der Waals surface area (Å²) in [5.41, 5.74) is 6.77. The van der Waals surface area contributed by atoms with Gasteiger partial charge in [0, 0.05) is 24.5 Å². The average molecular weight is 373 g/mol. The molecule has 132 valence electrons. The van der Waals surface area contributed by atoms with Gasteiger partial charge < -0.3 is 20.1 Å². The molecule has 0 spiro atoms. The van der Waals surface area contributed by atoms with E-state index in [1.54, 1.807) is 38.5 Å². The third kappa shape index (κ3) is 4.43. The van der Waals surface area contributed by atoms with Crippen molar-refractivity contribution < 1.29 is 9.47 Å². The number of rotatable bonds is 7. The second-order valence-corrected chi connectivity index (χ2v) is 4.62. The predicted octanol–water partition coefficient (Wildman–Crippen LogP) is 3.25. The molecule has 2 rings (SSSR count). The molecule has 0 unspecified atom stereocenters. The van der Waals surface area contributed by atoms with Gasteiger partial charge in [-0.1, -0.05) is 12.2 Å². The molecule has 2 N–H and O–H groups in total. The Morgan fingerprint density at radius 3 is 2.08 bits per heavy atom. The van der Waals surface area contributed by atoms with E-state index in [9.17, 15) is 0 Å². The van der Waals surface area contributed by atoms with Crippen LogP contribution in [0.15, 0.2) is 37.4 Å². The Hall–Kier alpha value is -2.18. The van der Waals surface area contributed by atoms with Gasteiger partial charge in [0.05, 0.1) is 19.7 Å². The van der Waals surface area contributed by atoms with Crippen molar-refractivity contribution >= 4 is 47.5 Å². The van der Waals surface area contributed by atoms with Crippen molar-refractivity contribution in [1.82, 2.24) is 9.97 Å². The fourth-order valence-electron chi connectivity index (χ4n) is 2.16. The highest BCUT2D eigenvalue weighted by Crippen LogP contribution is 2.34. The quantitative estimate of drug-likeness (QED) is 0.751. The molecular formula is C16H22Cl2N4O2. The predicted molar refractivity (Wildman–Crippen MR) is 104 cm³/mol. The molecule has 0 radical (unpaired) electrons. The van der Waals surface area contributed by atoms with Crippen LogP contribution in [0, 0.1) is 0 Å². The fraction of sp³-hybridized carbons (Fsp3) is 0.250. The summed E-state index contributed by atoms with van der Waals surface area (Å²) >= 11 is 0. The van der Waals surface area contributed by atoms with Gasteiger partial charge in [-0.2, -0.15) is 4.98 Å². The average Bonchev–Trinajstić information content (AvgIpc) is 2.53. The third-order valence-electron chi connectivity index (χ3n) is 3.20. The Balaban J connectivity index is 0.00000264. The first-order valence-corrected chi connectivity index (χ1v) is 6.80. The molecule has 0 saturated carbocycles. The summed E-state index contributed by atoms with van der Waals surface area (Å²) in [7, 11) is 3.15. The molecule has 8 heteroatoms. The molecule has 0 aliphatic carbocycles. The second-order valence-electron chi connectivity index (χ2n) is 4.62. The van der Waals surface area contributed by atoms with Gasteiger partial charge in [-0.05, 0) is 6.07 Å². The standard InChI is InChI=1S/C16H20N4O2.2ClH/c1-5-7-20(8-6-2)16-18-12-10-14(22-4)13(21-3)9-11(12)15(17)19-16;;/h5-6,9-10H,1-2,7-8H2,3-4H3,(H2,17,18,19);2*1H. The third-order valence-corrected chi connectivity index (χ3v) is 3.20. The van der Waals surface area contributed by atoms with Crippen molar-refractivity contribution in [2.24, 2.45) is 0 Å². The van der Waals surface area contributed by atoms with Crippen LogP contribution < -0.4 is 20.1 Å². The highest BCUT2D eigenvalue weighted by molar-refractivity contribution is 5.91. The number of methoxy groups -OCH3 is 2. The molecule has 0 aliphatic heterocycles. The first kappa shape index (κ1) is 21.8. The van der Waals surface area contributed by atoms with Gasteiger partial charge in [-0.15, -0.1) is 38.0 Å². The molecule has 1 heterocycles. The molecule has 2 aromatic rings. The van der Waals surface area contributed by atoms with E-state index in [4.69, 9.17) is 15.2 Å². The van der Waals surface area contributed by atoms with E-state index < -0.39 is 0 Å². The number of halogens is 2. The van der Waals surface area contributed by atoms with E-state index in [0.717, 1.165) is 5.39 Å². The number of nitrogens with zero attached hydrogens (tertiary/aromatic N) is 3. The number of anilines is 2. The van der Waals surface area contributed by atoms with Gasteiger partial charge >= 0.3 is 0 Å². The summed E-state index contributed by atoms with van der Waals surface area (Å²) in [4.78, 5) is 10.9. The lowest BCUT2D eigenvalue weighted by molar-refractivity contribution is 0.356. The highest BCUT2D eigenvalue weighted by Gasteiger charge is 2.14. The summed E-state index contributed by atoms with van der Waals surface area (Å²) in [6.45, 7) is 8.69. The van der Waals surface area contributed by atoms with Crippen molar-refractivity contribution in [2.75, 3.05) is 37.9 Å². The minimum Gasteiger partial charge on any atom is -0.493 e. The minimum atomic E-state index is 0. The van der Waals surface area contributed by atoms with Crippen LogP contribution in [-0.4, -0.2) is 37.3 Å². The Morgan fingerprint density at radius 2 is 1.58 bits per heavy atom. The monoisotopic (exact) mass is 372 g/mol. The lowest BCUT2D eigenvalue weighted by atomic mass is 10.2. The summed E-state index contributed by atoms with van der Waals surface area (Å²) in [5.74, 6) is 2.10. The van der Waals surface area contributed by atoms with Gasteiger partial charge in [0.2, 0.25) is 5.95 Å². The largest absolute Gasteiger partial charge is 0.493 e. The van der Waals surface area contributed by atoms with Gasteiger partial charge in [0.25, 0.3) is 0 Å². The van der Waals surface area contributed by atoms with Crippen LogP contribution in [0.2, 0.25) is 0 Å². The molecule has 6 nitrogen and oxygen atoms in total. The van der Waals surface area contributed by atoms with Gasteiger partial charge in [-0.3, -0.25) is 0 Å². The van der Waals surface area contributed by atoms with Crippen LogP contribution in [0.1, 0.15) is 0 Å². The van der Waals surface area contributed by atoms with Gasteiger partial charge in [0.15, 0.2) is 11.5 Å². The van der Waals surface area contributed by atoms with Crippen LogP contribution in [0.25, 0.3) is 10.9 Å². The number of hydrogen-bond acceptors (Lipinski definition) is 6. The van der Waals surface area contributed by atoms with E-state index in [0.29, 0.717) is 41.9 Å². The van der Waals surface area contributed by atoms with Crippen molar-refractivity contribution in [1.29, 1.82) is 0 Å². The van der Waals surface area contributed by atoms with Crippen molar-refractivity contribution in [3.8, 4) is 11.5 Å². The molecule has 0 aliphatic rings. The number of aromatic nitrogens is 2. The van der Waals surface area contributed by atoms with E-state index in [-0.39, 0.29) is 24.8 Å². The van der Waals surface area contributed by atoms with Crippen molar-refractivity contribution in [2.45, 2.75) is 0 Å². The number of ether oxygens (including phenoxy) is 2. The molecule has 0 saturated heterocycles. The maximum absolute atomic E-state index is 6.08. The zero-order valence-electron chi connectivity index (χ0n) is 13.7. The first-order chi connectivity index (χ1) is 10.6. The van der Waals surface area contributed by atoms with Crippen molar-refractivity contribution in [3.05, 3.63) is 37.4 Å². The molecule has 0 amide bonds. The Morgan fingerprint density at radius 1 is 1.04 bits per heavy atom. The topological polar surface area (TPSA) is 73.5 Å². The first-order valence-electron chi connectivity index (χ1n) is 6.80. The number of hydrogen-bond donors (Lipinski definition) is 1. The van der Waals surface area contributed by atoms with Crippen LogP contribution in [0.5, 0.6) is 11.5 Å². The minimum absolute atomic E-state index is 0. The Kier molecular flexibility index (Phi) is 8.95. The zero-order valence-corrected chi connectivity index (χ0v) is 15.3. The van der Waals surface area contributed by atoms with E-state index >= 15 is 0 Å². The van der Waals surface area contributed by atoms with Gasteiger partial charge in [0.1, 0.15) is 5.82 Å². The number of fused-ring (bicyclic) bond motifs is 1. The zero-order chi connectivity index (χ0) is 16.1. The van der Waals surface area contributed by atoms with Crippen molar-refractivity contribution in [3.63, 3.8) is 0 Å². The molecular weight excluding hydrogens is 351 g/mol. The second kappa shape index (κ2) is 9.85. The summed E-state index contributed by atoms with van der Waals surface area (Å²) < 4.78 is 10.6. The highest BCUT2D eigenvalue weighted by atomic mass is 35.5. The van der Waals surface area contributed by atoms with Crippen LogP contribution in [0.3, 0.4) is 0 Å². The molecule has 0 fully saturated rings. The maximum atomic E-state index is 6.08. The maximum Gasteiger partial charge on any atom is 0.228 e. The normalized spacial score (nSPS) is 9.42. The number of nitrogen functional groups attached to an aromatic ring is 1. The van der Waals surface area contributed by atoms with E-state index in [1.165, 1.54) is 0 Å².